The van der Waals surface area contributed by atoms with Crippen molar-refractivity contribution in [1.29, 1.82) is 0 Å². The Bertz CT molecular complexity index is 988. The van der Waals surface area contributed by atoms with E-state index in [9.17, 15) is 17.6 Å². The van der Waals surface area contributed by atoms with Crippen LogP contribution < -0.4 is 10.1 Å². The van der Waals surface area contributed by atoms with Crippen LogP contribution in [0.2, 0.25) is 0 Å². The molecule has 0 spiro atoms. The summed E-state index contributed by atoms with van der Waals surface area (Å²) in [6.45, 7) is 1.35. The molecule has 1 aliphatic rings. The number of carbonyl (C=O) groups excluding carboxylic acids is 1. The summed E-state index contributed by atoms with van der Waals surface area (Å²) in [5.74, 6) is -0.504. The Balaban J connectivity index is 1.37. The van der Waals surface area contributed by atoms with Gasteiger partial charge in [-0.05, 0) is 43.0 Å². The van der Waals surface area contributed by atoms with E-state index in [2.05, 4.69) is 5.32 Å². The lowest BCUT2D eigenvalue weighted by atomic mass is 9.97. The number of rotatable bonds is 9. The van der Waals surface area contributed by atoms with Crippen molar-refractivity contribution in [2.24, 2.45) is 5.92 Å². The second-order valence-electron chi connectivity index (χ2n) is 7.36. The number of nitrogens with one attached hydrogen (secondary N) is 1. The summed E-state index contributed by atoms with van der Waals surface area (Å²) in [4.78, 5) is 12.4. The predicted molar refractivity (Wildman–Crippen MR) is 118 cm³/mol. The van der Waals surface area contributed by atoms with Gasteiger partial charge in [0, 0.05) is 31.0 Å². The van der Waals surface area contributed by atoms with Crippen LogP contribution >= 0.6 is 0 Å². The first-order chi connectivity index (χ1) is 15.0. The quantitative estimate of drug-likeness (QED) is 0.599. The molecular formula is C23H27FN2O4S. The van der Waals surface area contributed by atoms with Crippen LogP contribution in [0.5, 0.6) is 5.75 Å². The normalized spacial score (nSPS) is 15.8. The van der Waals surface area contributed by atoms with Crippen LogP contribution in [0.3, 0.4) is 0 Å². The van der Waals surface area contributed by atoms with Gasteiger partial charge in [0.15, 0.2) is 11.6 Å². The number of sulfonamides is 1. The van der Waals surface area contributed by atoms with Crippen LogP contribution in [0.4, 0.5) is 4.39 Å². The molecule has 0 saturated carbocycles. The molecule has 0 bridgehead atoms. The highest BCUT2D eigenvalue weighted by Gasteiger charge is 2.29. The van der Waals surface area contributed by atoms with Gasteiger partial charge in [-0.1, -0.05) is 42.5 Å². The smallest absolute Gasteiger partial charge is 0.236 e. The lowest BCUT2D eigenvalue weighted by molar-refractivity contribution is -0.126. The van der Waals surface area contributed by atoms with Gasteiger partial charge in [0.2, 0.25) is 15.9 Å². The van der Waals surface area contributed by atoms with Crippen molar-refractivity contribution in [3.8, 4) is 5.75 Å². The van der Waals surface area contributed by atoms with Crippen LogP contribution in [-0.4, -0.2) is 44.9 Å². The number of nitrogens with zero attached hydrogens (tertiary/aromatic N) is 1. The zero-order valence-electron chi connectivity index (χ0n) is 17.2. The first-order valence-corrected chi connectivity index (χ1v) is 11.8. The summed E-state index contributed by atoms with van der Waals surface area (Å²) in [7, 11) is -3.51. The van der Waals surface area contributed by atoms with Crippen molar-refractivity contribution in [3.05, 3.63) is 71.4 Å². The first-order valence-electron chi connectivity index (χ1n) is 10.3. The molecule has 1 N–H and O–H groups in total. The molecule has 1 amide bonds. The third kappa shape index (κ3) is 6.90. The molecular weight excluding hydrogens is 419 g/mol. The summed E-state index contributed by atoms with van der Waals surface area (Å²) in [5.41, 5.74) is 0.819. The Kier molecular flexibility index (Phi) is 8.20. The second-order valence-corrected chi connectivity index (χ2v) is 9.17. The second kappa shape index (κ2) is 11.1. The van der Waals surface area contributed by atoms with Gasteiger partial charge >= 0.3 is 0 Å². The molecule has 0 unspecified atom stereocenters. The monoisotopic (exact) mass is 446 g/mol. The number of amides is 1. The summed E-state index contributed by atoms with van der Waals surface area (Å²) in [5, 5.41) is 4.08. The maximum Gasteiger partial charge on any atom is 0.236 e. The molecule has 0 atom stereocenters. The lowest BCUT2D eigenvalue weighted by Gasteiger charge is -2.29. The molecule has 1 heterocycles. The molecule has 0 aliphatic carbocycles. The molecule has 1 aliphatic heterocycles. The largest absolute Gasteiger partial charge is 0.490 e. The fourth-order valence-corrected chi connectivity index (χ4v) is 4.58. The zero-order chi connectivity index (χ0) is 22.1. The molecule has 1 saturated heterocycles. The van der Waals surface area contributed by atoms with Gasteiger partial charge in [-0.25, -0.2) is 12.8 Å². The molecule has 31 heavy (non-hydrogen) atoms. The lowest BCUT2D eigenvalue weighted by Crippen LogP contribution is -2.42. The molecule has 166 valence electrons. The number of halogens is 1. The SMILES string of the molecule is O=C(NCCCOc1ccccc1F)C1CCN(S(=O)(=O)/C=C/c2ccccc2)CC1. The van der Waals surface area contributed by atoms with E-state index in [0.29, 0.717) is 45.5 Å². The average Bonchev–Trinajstić information content (AvgIpc) is 2.79. The maximum absolute atomic E-state index is 13.5. The molecule has 2 aromatic rings. The van der Waals surface area contributed by atoms with Crippen molar-refractivity contribution < 1.29 is 22.3 Å². The van der Waals surface area contributed by atoms with Crippen molar-refractivity contribution in [2.45, 2.75) is 19.3 Å². The number of para-hydroxylation sites is 1. The maximum atomic E-state index is 13.5. The van der Waals surface area contributed by atoms with E-state index in [0.717, 1.165) is 5.56 Å². The summed E-state index contributed by atoms with van der Waals surface area (Å²) in [6.07, 6.45) is 3.10. The van der Waals surface area contributed by atoms with E-state index in [1.807, 2.05) is 30.3 Å². The Morgan fingerprint density at radius 3 is 2.48 bits per heavy atom. The molecule has 0 aromatic heterocycles. The highest BCUT2D eigenvalue weighted by atomic mass is 32.2. The van der Waals surface area contributed by atoms with E-state index in [4.69, 9.17) is 4.74 Å². The minimum absolute atomic E-state index is 0.0808. The fourth-order valence-electron chi connectivity index (χ4n) is 3.36. The third-order valence-electron chi connectivity index (χ3n) is 5.13. The first kappa shape index (κ1) is 23.0. The van der Waals surface area contributed by atoms with Crippen molar-refractivity contribution in [2.75, 3.05) is 26.2 Å². The minimum Gasteiger partial charge on any atom is -0.490 e. The number of hydrogen-bond donors (Lipinski definition) is 1. The van der Waals surface area contributed by atoms with Gasteiger partial charge in [0.1, 0.15) is 0 Å². The van der Waals surface area contributed by atoms with Crippen LogP contribution in [0.15, 0.2) is 60.0 Å². The third-order valence-corrected chi connectivity index (χ3v) is 6.70. The van der Waals surface area contributed by atoms with E-state index in [-0.39, 0.29) is 17.6 Å². The Morgan fingerprint density at radius 2 is 1.77 bits per heavy atom. The predicted octanol–water partition coefficient (Wildman–Crippen LogP) is 3.42. The molecule has 2 aromatic carbocycles. The van der Waals surface area contributed by atoms with E-state index in [1.54, 1.807) is 24.3 Å². The standard InChI is InChI=1S/C23H27FN2O4S/c24-21-9-4-5-10-22(21)30-17-6-14-25-23(27)20-11-15-26(16-12-20)31(28,29)18-13-19-7-2-1-3-8-19/h1-5,7-10,13,18,20H,6,11-12,14-17H2,(H,25,27)/b18-13+. The van der Waals surface area contributed by atoms with Gasteiger partial charge in [-0.3, -0.25) is 4.79 Å². The number of carbonyl (C=O) groups is 1. The van der Waals surface area contributed by atoms with Crippen LogP contribution in [0, 0.1) is 11.7 Å². The topological polar surface area (TPSA) is 75.7 Å². The van der Waals surface area contributed by atoms with E-state index >= 15 is 0 Å². The Morgan fingerprint density at radius 1 is 1.10 bits per heavy atom. The molecule has 3 rings (SSSR count). The van der Waals surface area contributed by atoms with E-state index in [1.165, 1.54) is 15.8 Å². The minimum atomic E-state index is -3.51. The van der Waals surface area contributed by atoms with Crippen molar-refractivity contribution in [3.63, 3.8) is 0 Å². The molecule has 0 radical (unpaired) electrons. The van der Waals surface area contributed by atoms with Crippen LogP contribution in [0.25, 0.3) is 6.08 Å². The van der Waals surface area contributed by atoms with Gasteiger partial charge in [0.25, 0.3) is 0 Å². The summed E-state index contributed by atoms with van der Waals surface area (Å²) >= 11 is 0. The number of hydrogen-bond acceptors (Lipinski definition) is 4. The highest BCUT2D eigenvalue weighted by Crippen LogP contribution is 2.21. The zero-order valence-corrected chi connectivity index (χ0v) is 18.1. The van der Waals surface area contributed by atoms with Crippen molar-refractivity contribution in [1.82, 2.24) is 9.62 Å². The van der Waals surface area contributed by atoms with E-state index < -0.39 is 15.8 Å². The van der Waals surface area contributed by atoms with Gasteiger partial charge in [-0.2, -0.15) is 4.31 Å². The summed E-state index contributed by atoms with van der Waals surface area (Å²) in [6, 6.07) is 15.4. The Hall–Kier alpha value is -2.71. The summed E-state index contributed by atoms with van der Waals surface area (Å²) < 4.78 is 45.3. The highest BCUT2D eigenvalue weighted by molar-refractivity contribution is 7.92. The number of ether oxygens (including phenoxy) is 1. The number of benzene rings is 2. The molecule has 1 fully saturated rings. The van der Waals surface area contributed by atoms with Gasteiger partial charge in [0.05, 0.1) is 6.61 Å². The fraction of sp³-hybridized carbons (Fsp3) is 0.348. The molecule has 8 heteroatoms. The van der Waals surface area contributed by atoms with Gasteiger partial charge < -0.3 is 10.1 Å². The Labute approximate surface area is 182 Å². The average molecular weight is 447 g/mol. The van der Waals surface area contributed by atoms with Gasteiger partial charge in [-0.15, -0.1) is 0 Å². The van der Waals surface area contributed by atoms with Crippen molar-refractivity contribution >= 4 is 22.0 Å². The van der Waals surface area contributed by atoms with Crippen LogP contribution in [0.1, 0.15) is 24.8 Å². The van der Waals surface area contributed by atoms with Crippen LogP contribution in [-0.2, 0) is 14.8 Å². The number of piperidine rings is 1. The molecule has 6 nitrogen and oxygen atoms in total.